The minimum atomic E-state index is -0.557. The summed E-state index contributed by atoms with van der Waals surface area (Å²) in [6, 6.07) is 17.7. The third-order valence-corrected chi connectivity index (χ3v) is 5.33. The van der Waals surface area contributed by atoms with Crippen molar-refractivity contribution in [3.05, 3.63) is 65.9 Å². The highest BCUT2D eigenvalue weighted by atomic mass is 16.6. The monoisotopic (exact) mass is 479 g/mol. The van der Waals surface area contributed by atoms with Gasteiger partial charge in [-0.15, -0.1) is 0 Å². The maximum absolute atomic E-state index is 12.5. The fourth-order valence-electron chi connectivity index (χ4n) is 3.73. The van der Waals surface area contributed by atoms with Crippen LogP contribution in [0.1, 0.15) is 32.1 Å². The molecule has 35 heavy (non-hydrogen) atoms. The largest absolute Gasteiger partial charge is 0.459 e. The molecule has 9 nitrogen and oxygen atoms in total. The molecule has 0 saturated carbocycles. The summed E-state index contributed by atoms with van der Waals surface area (Å²) in [5, 5.41) is 6.01. The predicted octanol–water partition coefficient (Wildman–Crippen LogP) is 3.42. The summed E-state index contributed by atoms with van der Waals surface area (Å²) in [5.41, 5.74) is 5.24. The maximum Gasteiger partial charge on any atom is 0.322 e. The number of carbonyl (C=O) groups excluding carboxylic acids is 1. The first-order chi connectivity index (χ1) is 16.9. The Morgan fingerprint density at radius 1 is 1.09 bits per heavy atom. The Bertz CT molecular complexity index is 1090. The average Bonchev–Trinajstić information content (AvgIpc) is 3.31. The van der Waals surface area contributed by atoms with Crippen molar-refractivity contribution in [3.8, 4) is 11.4 Å². The van der Waals surface area contributed by atoms with Crippen LogP contribution >= 0.6 is 0 Å². The van der Waals surface area contributed by atoms with Gasteiger partial charge in [-0.25, -0.2) is 15.4 Å². The van der Waals surface area contributed by atoms with Crippen LogP contribution in [0.2, 0.25) is 0 Å². The molecule has 0 amide bonds. The van der Waals surface area contributed by atoms with Crippen LogP contribution in [0.25, 0.3) is 11.4 Å². The Morgan fingerprint density at radius 3 is 2.60 bits per heavy atom. The van der Waals surface area contributed by atoms with E-state index in [0.717, 1.165) is 30.2 Å². The predicted molar refractivity (Wildman–Crippen MR) is 132 cm³/mol. The van der Waals surface area contributed by atoms with Crippen molar-refractivity contribution in [1.29, 1.82) is 0 Å². The van der Waals surface area contributed by atoms with Gasteiger partial charge in [0.25, 0.3) is 0 Å². The highest BCUT2D eigenvalue weighted by Crippen LogP contribution is 2.22. The molecular formula is C26H33N5O4. The third kappa shape index (κ3) is 7.61. The molecule has 1 aliphatic heterocycles. The van der Waals surface area contributed by atoms with E-state index in [9.17, 15) is 4.79 Å². The minimum absolute atomic E-state index is 0.0604. The number of hydrogen-bond acceptors (Lipinski definition) is 9. The smallest absolute Gasteiger partial charge is 0.322 e. The molecule has 1 aliphatic rings. The highest BCUT2D eigenvalue weighted by Gasteiger charge is 2.21. The van der Waals surface area contributed by atoms with Crippen molar-refractivity contribution < 1.29 is 18.8 Å². The molecule has 1 N–H and O–H groups in total. The number of pyridine rings is 1. The van der Waals surface area contributed by atoms with E-state index in [1.807, 2.05) is 75.4 Å². The van der Waals surface area contributed by atoms with Crippen molar-refractivity contribution in [2.45, 2.75) is 39.5 Å². The summed E-state index contributed by atoms with van der Waals surface area (Å²) in [6.45, 7) is 9.54. The molecule has 1 aromatic carbocycles. The van der Waals surface area contributed by atoms with E-state index in [2.05, 4.69) is 15.5 Å². The van der Waals surface area contributed by atoms with E-state index in [1.54, 1.807) is 5.01 Å². The summed E-state index contributed by atoms with van der Waals surface area (Å²) in [6.07, 6.45) is 0. The van der Waals surface area contributed by atoms with Gasteiger partial charge in [0.2, 0.25) is 0 Å². The molecule has 1 fully saturated rings. The van der Waals surface area contributed by atoms with Crippen LogP contribution in [-0.2, 0) is 27.4 Å². The van der Waals surface area contributed by atoms with E-state index in [1.165, 1.54) is 0 Å². The lowest BCUT2D eigenvalue weighted by Gasteiger charge is -2.27. The molecule has 0 spiro atoms. The Hall–Kier alpha value is -3.27. The van der Waals surface area contributed by atoms with Crippen LogP contribution in [0.5, 0.6) is 0 Å². The number of anilines is 1. The van der Waals surface area contributed by atoms with Crippen LogP contribution in [-0.4, -0.2) is 59.6 Å². The summed E-state index contributed by atoms with van der Waals surface area (Å²) in [5.74, 6) is 1.19. The number of aromatic nitrogens is 2. The number of rotatable bonds is 9. The van der Waals surface area contributed by atoms with Crippen molar-refractivity contribution >= 4 is 11.8 Å². The molecule has 0 radical (unpaired) electrons. The Kier molecular flexibility index (Phi) is 8.12. The number of nitrogens with zero attached hydrogens (tertiary/aromatic N) is 4. The van der Waals surface area contributed by atoms with E-state index in [-0.39, 0.29) is 12.5 Å². The van der Waals surface area contributed by atoms with Gasteiger partial charge in [0.1, 0.15) is 23.7 Å². The highest BCUT2D eigenvalue weighted by molar-refractivity contribution is 5.72. The zero-order valence-corrected chi connectivity index (χ0v) is 20.6. The number of carbonyl (C=O) groups is 1. The zero-order valence-electron chi connectivity index (χ0n) is 20.6. The maximum atomic E-state index is 12.5. The first kappa shape index (κ1) is 24.8. The molecule has 3 aromatic rings. The summed E-state index contributed by atoms with van der Waals surface area (Å²) in [4.78, 5) is 19.5. The molecule has 9 heteroatoms. The third-order valence-electron chi connectivity index (χ3n) is 5.33. The van der Waals surface area contributed by atoms with Crippen molar-refractivity contribution in [3.63, 3.8) is 0 Å². The van der Waals surface area contributed by atoms with Crippen molar-refractivity contribution in [2.24, 2.45) is 0 Å². The van der Waals surface area contributed by atoms with Gasteiger partial charge in [-0.3, -0.25) is 4.79 Å². The molecule has 1 saturated heterocycles. The average molecular weight is 480 g/mol. The van der Waals surface area contributed by atoms with E-state index in [4.69, 9.17) is 19.0 Å². The first-order valence-electron chi connectivity index (χ1n) is 11.9. The normalized spacial score (nSPS) is 14.3. The number of hydrogen-bond donors (Lipinski definition) is 1. The lowest BCUT2D eigenvalue weighted by atomic mass is 10.2. The van der Waals surface area contributed by atoms with Gasteiger partial charge in [-0.2, -0.15) is 0 Å². The minimum Gasteiger partial charge on any atom is -0.459 e. The Balaban J connectivity index is 1.45. The standard InChI is InChI=1S/C26H33N5O4/c1-26(2,3)34-25(32)19-31(27-17-20-8-5-4-6-9-20)18-21-16-23(29-35-21)22-10-7-11-24(28-22)30-12-14-33-15-13-30/h4-11,16,27H,12-15,17-19H2,1-3H3. The number of esters is 1. The van der Waals surface area contributed by atoms with Gasteiger partial charge in [-0.05, 0) is 38.5 Å². The second-order valence-electron chi connectivity index (χ2n) is 9.42. The number of morpholine rings is 1. The molecule has 0 aliphatic carbocycles. The lowest BCUT2D eigenvalue weighted by Crippen LogP contribution is -2.42. The van der Waals surface area contributed by atoms with Crippen molar-refractivity contribution in [2.75, 3.05) is 37.7 Å². The fourth-order valence-corrected chi connectivity index (χ4v) is 3.73. The van der Waals surface area contributed by atoms with Gasteiger partial charge < -0.3 is 18.9 Å². The molecule has 4 rings (SSSR count). The molecule has 186 valence electrons. The number of ether oxygens (including phenoxy) is 2. The molecule has 0 unspecified atom stereocenters. The van der Waals surface area contributed by atoms with Gasteiger partial charge in [-0.1, -0.05) is 41.6 Å². The number of nitrogens with one attached hydrogen (secondary N) is 1. The Morgan fingerprint density at radius 2 is 1.86 bits per heavy atom. The van der Waals surface area contributed by atoms with Gasteiger partial charge >= 0.3 is 5.97 Å². The van der Waals surface area contributed by atoms with Crippen LogP contribution in [0.4, 0.5) is 5.82 Å². The molecule has 3 heterocycles. The van der Waals surface area contributed by atoms with Gasteiger partial charge in [0, 0.05) is 25.7 Å². The van der Waals surface area contributed by atoms with Gasteiger partial charge in [0.15, 0.2) is 5.76 Å². The number of benzene rings is 1. The molecule has 2 aromatic heterocycles. The van der Waals surface area contributed by atoms with Crippen LogP contribution in [0.3, 0.4) is 0 Å². The van der Waals surface area contributed by atoms with E-state index in [0.29, 0.717) is 37.8 Å². The first-order valence-corrected chi connectivity index (χ1v) is 11.9. The molecule has 0 bridgehead atoms. The SMILES string of the molecule is CC(C)(C)OC(=O)CN(Cc1cc(-c2cccc(N3CCOCC3)n2)no1)NCc1ccccc1. The van der Waals surface area contributed by atoms with E-state index < -0.39 is 5.60 Å². The zero-order chi connectivity index (χ0) is 24.7. The molecular weight excluding hydrogens is 446 g/mol. The van der Waals surface area contributed by atoms with Crippen LogP contribution in [0, 0.1) is 0 Å². The van der Waals surface area contributed by atoms with Gasteiger partial charge in [0.05, 0.1) is 25.5 Å². The number of hydrazine groups is 1. The van der Waals surface area contributed by atoms with E-state index >= 15 is 0 Å². The fraction of sp³-hybridized carbons (Fsp3) is 0.423. The summed E-state index contributed by atoms with van der Waals surface area (Å²) in [7, 11) is 0. The lowest BCUT2D eigenvalue weighted by molar-refractivity contribution is -0.157. The second-order valence-corrected chi connectivity index (χ2v) is 9.42. The second kappa shape index (κ2) is 11.4. The quantitative estimate of drug-likeness (QED) is 0.366. The van der Waals surface area contributed by atoms with Crippen LogP contribution in [0.15, 0.2) is 59.1 Å². The van der Waals surface area contributed by atoms with Crippen LogP contribution < -0.4 is 10.3 Å². The Labute approximate surface area is 206 Å². The summed E-state index contributed by atoms with van der Waals surface area (Å²) >= 11 is 0. The summed E-state index contributed by atoms with van der Waals surface area (Å²) < 4.78 is 16.6. The molecule has 0 atom stereocenters. The topological polar surface area (TPSA) is 93.0 Å². The van der Waals surface area contributed by atoms with Crippen molar-refractivity contribution in [1.82, 2.24) is 20.6 Å².